The van der Waals surface area contributed by atoms with Gasteiger partial charge in [0.2, 0.25) is 0 Å². The van der Waals surface area contributed by atoms with E-state index in [2.05, 4.69) is 33.0 Å². The summed E-state index contributed by atoms with van der Waals surface area (Å²) in [5, 5.41) is 3.45. The number of ether oxygens (including phenoxy) is 1. The first-order valence-corrected chi connectivity index (χ1v) is 5.74. The largest absolute Gasteiger partial charge is 0.379 e. The summed E-state index contributed by atoms with van der Waals surface area (Å²) in [5.74, 6) is 0.826. The molecule has 0 aromatic carbocycles. The molecule has 0 aliphatic heterocycles. The second-order valence-corrected chi connectivity index (χ2v) is 5.00. The zero-order valence-electron chi connectivity index (χ0n) is 10.5. The molecular formula is C12H27NO. The minimum Gasteiger partial charge on any atom is -0.379 e. The van der Waals surface area contributed by atoms with E-state index < -0.39 is 0 Å². The Morgan fingerprint density at radius 3 is 2.36 bits per heavy atom. The Bertz CT molecular complexity index is 132. The van der Waals surface area contributed by atoms with Crippen molar-refractivity contribution in [2.75, 3.05) is 20.2 Å². The summed E-state index contributed by atoms with van der Waals surface area (Å²) in [6.45, 7) is 11.0. The number of nitrogens with one attached hydrogen (secondary N) is 1. The molecule has 2 nitrogen and oxygen atoms in total. The van der Waals surface area contributed by atoms with Crippen LogP contribution in [0.3, 0.4) is 0 Å². The van der Waals surface area contributed by atoms with Crippen molar-refractivity contribution in [3.63, 3.8) is 0 Å². The molecule has 0 saturated heterocycles. The molecule has 0 fully saturated rings. The fourth-order valence-electron chi connectivity index (χ4n) is 1.25. The van der Waals surface area contributed by atoms with E-state index in [0.29, 0.717) is 0 Å². The van der Waals surface area contributed by atoms with Crippen LogP contribution in [0.1, 0.15) is 47.0 Å². The Balaban J connectivity index is 3.21. The van der Waals surface area contributed by atoms with E-state index in [1.165, 1.54) is 12.8 Å². The first kappa shape index (κ1) is 13.9. The van der Waals surface area contributed by atoms with Gasteiger partial charge in [-0.05, 0) is 52.1 Å². The van der Waals surface area contributed by atoms with Crippen LogP contribution < -0.4 is 5.32 Å². The lowest BCUT2D eigenvalue weighted by atomic mass is 10.1. The summed E-state index contributed by atoms with van der Waals surface area (Å²) in [5.41, 5.74) is 0.0189. The number of hydrogen-bond donors (Lipinski definition) is 1. The van der Waals surface area contributed by atoms with Gasteiger partial charge < -0.3 is 10.1 Å². The van der Waals surface area contributed by atoms with Crippen molar-refractivity contribution in [3.8, 4) is 0 Å². The van der Waals surface area contributed by atoms with E-state index in [9.17, 15) is 0 Å². The molecule has 0 aromatic heterocycles. The van der Waals surface area contributed by atoms with E-state index in [1.54, 1.807) is 7.11 Å². The highest BCUT2D eigenvalue weighted by molar-refractivity contribution is 4.68. The van der Waals surface area contributed by atoms with Crippen LogP contribution in [0.15, 0.2) is 0 Å². The highest BCUT2D eigenvalue weighted by Crippen LogP contribution is 2.11. The quantitative estimate of drug-likeness (QED) is 0.610. The Morgan fingerprint density at radius 2 is 1.86 bits per heavy atom. The van der Waals surface area contributed by atoms with Crippen molar-refractivity contribution in [1.82, 2.24) is 5.32 Å². The van der Waals surface area contributed by atoms with Crippen LogP contribution in [0.4, 0.5) is 0 Å². The smallest absolute Gasteiger partial charge is 0.0634 e. The highest BCUT2D eigenvalue weighted by atomic mass is 16.5. The molecule has 0 bridgehead atoms. The van der Waals surface area contributed by atoms with Crippen LogP contribution in [0, 0.1) is 5.92 Å². The Kier molecular flexibility index (Phi) is 7.20. The normalized spacial score (nSPS) is 12.4. The van der Waals surface area contributed by atoms with Gasteiger partial charge in [0, 0.05) is 7.11 Å². The number of hydrogen-bond acceptors (Lipinski definition) is 2. The van der Waals surface area contributed by atoms with E-state index >= 15 is 0 Å². The number of methoxy groups -OCH3 is 1. The van der Waals surface area contributed by atoms with Crippen LogP contribution in [-0.4, -0.2) is 25.8 Å². The average Bonchev–Trinajstić information content (AvgIpc) is 2.10. The molecule has 0 atom stereocenters. The van der Waals surface area contributed by atoms with E-state index in [1.807, 2.05) is 0 Å². The van der Waals surface area contributed by atoms with E-state index in [0.717, 1.165) is 25.4 Å². The highest BCUT2D eigenvalue weighted by Gasteiger charge is 2.14. The standard InChI is InChI=1S/C12H27NO/c1-11(2)7-6-9-13-10-8-12(3,4)14-5/h11,13H,6-10H2,1-5H3. The van der Waals surface area contributed by atoms with Crippen molar-refractivity contribution in [2.45, 2.75) is 52.6 Å². The lowest BCUT2D eigenvalue weighted by Gasteiger charge is -2.22. The van der Waals surface area contributed by atoms with Gasteiger partial charge in [-0.1, -0.05) is 13.8 Å². The van der Waals surface area contributed by atoms with Crippen molar-refractivity contribution in [2.24, 2.45) is 5.92 Å². The second kappa shape index (κ2) is 7.24. The van der Waals surface area contributed by atoms with Crippen LogP contribution in [-0.2, 0) is 4.74 Å². The first-order chi connectivity index (χ1) is 6.48. The van der Waals surface area contributed by atoms with Gasteiger partial charge in [-0.2, -0.15) is 0 Å². The lowest BCUT2D eigenvalue weighted by molar-refractivity contribution is 0.0159. The molecule has 2 heteroatoms. The molecule has 0 heterocycles. The minimum atomic E-state index is 0.0189. The summed E-state index contributed by atoms with van der Waals surface area (Å²) in [4.78, 5) is 0. The zero-order chi connectivity index (χ0) is 11.0. The zero-order valence-corrected chi connectivity index (χ0v) is 10.5. The van der Waals surface area contributed by atoms with Gasteiger partial charge in [-0.25, -0.2) is 0 Å². The predicted octanol–water partition coefficient (Wildman–Crippen LogP) is 2.83. The molecule has 1 N–H and O–H groups in total. The molecule has 0 radical (unpaired) electrons. The maximum atomic E-state index is 5.34. The third-order valence-corrected chi connectivity index (χ3v) is 2.59. The van der Waals surface area contributed by atoms with E-state index in [-0.39, 0.29) is 5.60 Å². The van der Waals surface area contributed by atoms with Crippen LogP contribution in [0.5, 0.6) is 0 Å². The SMILES string of the molecule is COC(C)(C)CCNCCCC(C)C. The van der Waals surface area contributed by atoms with Crippen molar-refractivity contribution in [1.29, 1.82) is 0 Å². The molecule has 0 aromatic rings. The molecule has 0 aliphatic carbocycles. The Labute approximate surface area is 89.4 Å². The Morgan fingerprint density at radius 1 is 1.21 bits per heavy atom. The maximum Gasteiger partial charge on any atom is 0.0634 e. The van der Waals surface area contributed by atoms with Gasteiger partial charge in [0.25, 0.3) is 0 Å². The fraction of sp³-hybridized carbons (Fsp3) is 1.00. The first-order valence-electron chi connectivity index (χ1n) is 5.74. The topological polar surface area (TPSA) is 21.3 Å². The van der Waals surface area contributed by atoms with Gasteiger partial charge in [-0.3, -0.25) is 0 Å². The average molecular weight is 201 g/mol. The molecule has 0 spiro atoms. The monoisotopic (exact) mass is 201 g/mol. The number of rotatable bonds is 8. The summed E-state index contributed by atoms with van der Waals surface area (Å²) in [6, 6.07) is 0. The van der Waals surface area contributed by atoms with Crippen LogP contribution in [0.25, 0.3) is 0 Å². The Hall–Kier alpha value is -0.0800. The predicted molar refractivity (Wildman–Crippen MR) is 62.6 cm³/mol. The molecule has 86 valence electrons. The molecule has 0 saturated carbocycles. The van der Waals surface area contributed by atoms with Gasteiger partial charge in [0.05, 0.1) is 5.60 Å². The lowest BCUT2D eigenvalue weighted by Crippen LogP contribution is -2.29. The molecule has 14 heavy (non-hydrogen) atoms. The van der Waals surface area contributed by atoms with Crippen LogP contribution >= 0.6 is 0 Å². The molecule has 0 amide bonds. The van der Waals surface area contributed by atoms with Gasteiger partial charge in [-0.15, -0.1) is 0 Å². The van der Waals surface area contributed by atoms with Gasteiger partial charge in [0.15, 0.2) is 0 Å². The maximum absolute atomic E-state index is 5.34. The van der Waals surface area contributed by atoms with Crippen molar-refractivity contribution in [3.05, 3.63) is 0 Å². The van der Waals surface area contributed by atoms with E-state index in [4.69, 9.17) is 4.74 Å². The molecule has 0 aliphatic rings. The fourth-order valence-corrected chi connectivity index (χ4v) is 1.25. The molecule has 0 rings (SSSR count). The van der Waals surface area contributed by atoms with Gasteiger partial charge in [0.1, 0.15) is 0 Å². The molecular weight excluding hydrogens is 174 g/mol. The summed E-state index contributed by atoms with van der Waals surface area (Å²) >= 11 is 0. The summed E-state index contributed by atoms with van der Waals surface area (Å²) in [6.07, 6.45) is 3.68. The van der Waals surface area contributed by atoms with Crippen molar-refractivity contribution < 1.29 is 4.74 Å². The minimum absolute atomic E-state index is 0.0189. The third kappa shape index (κ3) is 8.52. The molecule has 0 unspecified atom stereocenters. The van der Waals surface area contributed by atoms with Gasteiger partial charge >= 0.3 is 0 Å². The summed E-state index contributed by atoms with van der Waals surface area (Å²) in [7, 11) is 1.78. The third-order valence-electron chi connectivity index (χ3n) is 2.59. The van der Waals surface area contributed by atoms with Crippen molar-refractivity contribution >= 4 is 0 Å². The summed E-state index contributed by atoms with van der Waals surface area (Å²) < 4.78 is 5.34. The van der Waals surface area contributed by atoms with Crippen LogP contribution in [0.2, 0.25) is 0 Å². The second-order valence-electron chi connectivity index (χ2n) is 5.00.